The number of hydrogen-bond donors (Lipinski definition) is 2. The second-order valence-corrected chi connectivity index (χ2v) is 9.14. The molecule has 6 rings (SSSR count). The third-order valence-electron chi connectivity index (χ3n) is 7.32. The molecule has 4 heterocycles. The Labute approximate surface area is 176 Å². The van der Waals surface area contributed by atoms with E-state index in [9.17, 15) is 10.2 Å². The molecule has 156 valence electrons. The third kappa shape index (κ3) is 2.63. The van der Waals surface area contributed by atoms with Crippen LogP contribution in [0.15, 0.2) is 46.6 Å². The molecule has 0 aromatic heterocycles. The minimum Gasteiger partial charge on any atom is -0.371 e. The van der Waals surface area contributed by atoms with E-state index < -0.39 is 11.4 Å². The lowest BCUT2D eigenvalue weighted by molar-refractivity contribution is -0.0119. The van der Waals surface area contributed by atoms with E-state index in [-0.39, 0.29) is 0 Å². The van der Waals surface area contributed by atoms with Gasteiger partial charge in [-0.1, -0.05) is 36.4 Å². The van der Waals surface area contributed by atoms with Crippen molar-refractivity contribution in [3.63, 3.8) is 0 Å². The van der Waals surface area contributed by atoms with Crippen LogP contribution in [-0.4, -0.2) is 36.4 Å². The van der Waals surface area contributed by atoms with Gasteiger partial charge in [0.1, 0.15) is 0 Å². The molecule has 0 bridgehead atoms. The summed E-state index contributed by atoms with van der Waals surface area (Å²) < 4.78 is 0. The van der Waals surface area contributed by atoms with Gasteiger partial charge in [-0.15, -0.1) is 10.2 Å². The fourth-order valence-corrected chi connectivity index (χ4v) is 5.79. The Kier molecular flexibility index (Phi) is 3.99. The van der Waals surface area contributed by atoms with Gasteiger partial charge in [0.15, 0.2) is 0 Å². The molecular weight excluding hydrogens is 376 g/mol. The Morgan fingerprint density at radius 1 is 0.667 bits per heavy atom. The molecule has 0 saturated heterocycles. The van der Waals surface area contributed by atoms with Gasteiger partial charge >= 0.3 is 0 Å². The molecule has 6 nitrogen and oxygen atoms in total. The van der Waals surface area contributed by atoms with E-state index in [2.05, 4.69) is 32.2 Å². The zero-order valence-electron chi connectivity index (χ0n) is 17.2. The monoisotopic (exact) mass is 404 g/mol. The van der Waals surface area contributed by atoms with Crippen molar-refractivity contribution < 1.29 is 10.2 Å². The standard InChI is InChI=1S/C24H28N4O2/c29-23(11-15-27-13-3-7-17-5-1-9-19(23)21(17)27)25-26-24(30)12-16-28-14-4-8-18-6-2-10-20(24)22(18)28/h1-2,5-6,9-10,29-30H,3-4,7-8,11-16H2/b26-25+. The van der Waals surface area contributed by atoms with Gasteiger partial charge in [0.25, 0.3) is 0 Å². The first-order valence-electron chi connectivity index (χ1n) is 11.2. The third-order valence-corrected chi connectivity index (χ3v) is 7.32. The Hall–Kier alpha value is -2.44. The van der Waals surface area contributed by atoms with E-state index >= 15 is 0 Å². The lowest BCUT2D eigenvalue weighted by atomic mass is 9.86. The number of aliphatic hydroxyl groups is 2. The van der Waals surface area contributed by atoms with Crippen molar-refractivity contribution in [3.05, 3.63) is 58.7 Å². The number of azo groups is 1. The van der Waals surface area contributed by atoms with Crippen LogP contribution < -0.4 is 9.80 Å². The van der Waals surface area contributed by atoms with Crippen molar-refractivity contribution in [2.45, 2.75) is 50.0 Å². The SMILES string of the molecule is OC1(/N=N/C2(O)CCN3CCCc4cccc2c43)CCN2CCCc3cccc1c32. The highest BCUT2D eigenvalue weighted by atomic mass is 16.3. The molecule has 6 heteroatoms. The molecule has 0 amide bonds. The molecule has 2 N–H and O–H groups in total. The Morgan fingerprint density at radius 2 is 1.13 bits per heavy atom. The van der Waals surface area contributed by atoms with E-state index in [0.717, 1.165) is 74.4 Å². The number of aryl methyl sites for hydroxylation is 2. The molecule has 2 atom stereocenters. The van der Waals surface area contributed by atoms with Crippen molar-refractivity contribution >= 4 is 11.4 Å². The summed E-state index contributed by atoms with van der Waals surface area (Å²) in [5, 5.41) is 32.0. The molecule has 0 fully saturated rings. The zero-order valence-corrected chi connectivity index (χ0v) is 17.2. The molecule has 0 saturated carbocycles. The van der Waals surface area contributed by atoms with Crippen LogP contribution in [0.3, 0.4) is 0 Å². The minimum absolute atomic E-state index is 0.488. The van der Waals surface area contributed by atoms with Gasteiger partial charge in [-0.3, -0.25) is 0 Å². The predicted molar refractivity (Wildman–Crippen MR) is 116 cm³/mol. The van der Waals surface area contributed by atoms with E-state index in [1.165, 1.54) is 11.1 Å². The van der Waals surface area contributed by atoms with Crippen molar-refractivity contribution in [2.75, 3.05) is 36.0 Å². The highest BCUT2D eigenvalue weighted by molar-refractivity contribution is 5.66. The first-order valence-corrected chi connectivity index (χ1v) is 11.2. The highest BCUT2D eigenvalue weighted by Gasteiger charge is 2.43. The predicted octanol–water partition coefficient (Wildman–Crippen LogP) is 3.44. The summed E-state index contributed by atoms with van der Waals surface area (Å²) in [6.07, 6.45) is 5.33. The van der Waals surface area contributed by atoms with Crippen molar-refractivity contribution in [1.82, 2.24) is 0 Å². The van der Waals surface area contributed by atoms with Crippen LogP contribution in [0.1, 0.15) is 47.9 Å². The number of anilines is 2. The molecular formula is C24H28N4O2. The summed E-state index contributed by atoms with van der Waals surface area (Å²) in [5.41, 5.74) is 3.66. The largest absolute Gasteiger partial charge is 0.371 e. The molecule has 2 aromatic rings. The van der Waals surface area contributed by atoms with Gasteiger partial charge in [0.05, 0.1) is 0 Å². The van der Waals surface area contributed by atoms with E-state index in [1.54, 1.807) is 0 Å². The number of nitrogens with zero attached hydrogens (tertiary/aromatic N) is 4. The van der Waals surface area contributed by atoms with Crippen molar-refractivity contribution in [1.29, 1.82) is 0 Å². The van der Waals surface area contributed by atoms with E-state index in [1.807, 2.05) is 24.3 Å². The summed E-state index contributed by atoms with van der Waals surface area (Å²) in [6, 6.07) is 12.2. The fourth-order valence-electron chi connectivity index (χ4n) is 5.79. The van der Waals surface area contributed by atoms with Gasteiger partial charge < -0.3 is 20.0 Å². The average molecular weight is 405 g/mol. The molecule has 0 aliphatic carbocycles. The van der Waals surface area contributed by atoms with Gasteiger partial charge in [-0.25, -0.2) is 0 Å². The quantitative estimate of drug-likeness (QED) is 0.752. The van der Waals surface area contributed by atoms with Gasteiger partial charge in [0, 0.05) is 61.5 Å². The molecule has 30 heavy (non-hydrogen) atoms. The molecule has 2 unspecified atom stereocenters. The smallest absolute Gasteiger partial charge is 0.206 e. The number of hydrogen-bond acceptors (Lipinski definition) is 6. The van der Waals surface area contributed by atoms with E-state index in [4.69, 9.17) is 0 Å². The highest BCUT2D eigenvalue weighted by Crippen LogP contribution is 2.47. The van der Waals surface area contributed by atoms with Gasteiger partial charge in [-0.2, -0.15) is 0 Å². The molecule has 2 aromatic carbocycles. The minimum atomic E-state index is -1.39. The van der Waals surface area contributed by atoms with E-state index in [0.29, 0.717) is 12.8 Å². The first kappa shape index (κ1) is 18.3. The second-order valence-electron chi connectivity index (χ2n) is 9.14. The van der Waals surface area contributed by atoms with Crippen LogP contribution in [-0.2, 0) is 24.3 Å². The van der Waals surface area contributed by atoms with Crippen LogP contribution in [0.25, 0.3) is 0 Å². The normalized spacial score (nSPS) is 29.7. The van der Waals surface area contributed by atoms with Crippen LogP contribution in [0.4, 0.5) is 11.4 Å². The molecule has 4 aliphatic rings. The lowest BCUT2D eigenvalue weighted by Crippen LogP contribution is -2.44. The summed E-state index contributed by atoms with van der Waals surface area (Å²) in [4.78, 5) is 4.72. The van der Waals surface area contributed by atoms with Crippen LogP contribution in [0.2, 0.25) is 0 Å². The number of benzene rings is 2. The lowest BCUT2D eigenvalue weighted by Gasteiger charge is -2.43. The number of para-hydroxylation sites is 2. The Morgan fingerprint density at radius 3 is 1.60 bits per heavy atom. The maximum atomic E-state index is 11.5. The fraction of sp³-hybridized carbons (Fsp3) is 0.500. The average Bonchev–Trinajstić information content (AvgIpc) is 2.78. The van der Waals surface area contributed by atoms with Crippen molar-refractivity contribution in [2.24, 2.45) is 10.2 Å². The van der Waals surface area contributed by atoms with Crippen LogP contribution in [0, 0.1) is 0 Å². The van der Waals surface area contributed by atoms with Crippen molar-refractivity contribution in [3.8, 4) is 0 Å². The topological polar surface area (TPSA) is 71.7 Å². The maximum Gasteiger partial charge on any atom is 0.206 e. The van der Waals surface area contributed by atoms with Crippen LogP contribution in [0.5, 0.6) is 0 Å². The maximum absolute atomic E-state index is 11.5. The molecule has 0 radical (unpaired) electrons. The Bertz CT molecular complexity index is 956. The summed E-state index contributed by atoms with van der Waals surface area (Å²) in [7, 11) is 0. The van der Waals surface area contributed by atoms with Crippen LogP contribution >= 0.6 is 0 Å². The summed E-state index contributed by atoms with van der Waals surface area (Å²) >= 11 is 0. The number of rotatable bonds is 2. The molecule has 4 aliphatic heterocycles. The van der Waals surface area contributed by atoms with Gasteiger partial charge in [-0.05, 0) is 36.8 Å². The van der Waals surface area contributed by atoms with Gasteiger partial charge in [0.2, 0.25) is 11.4 Å². The molecule has 0 spiro atoms. The summed E-state index contributed by atoms with van der Waals surface area (Å²) in [5.74, 6) is 0. The first-order chi connectivity index (χ1) is 14.6. The zero-order chi connectivity index (χ0) is 20.3. The second kappa shape index (κ2) is 6.53. The Balaban J connectivity index is 1.41. The summed E-state index contributed by atoms with van der Waals surface area (Å²) in [6.45, 7) is 3.55.